The Hall–Kier alpha value is -0.780. The molecule has 0 radical (unpaired) electrons. The molecule has 1 unspecified atom stereocenters. The molecular formula is C16H25BrN2O2. The fourth-order valence-electron chi connectivity index (χ4n) is 2.84. The first-order chi connectivity index (χ1) is 10.2. The van der Waals surface area contributed by atoms with Crippen LogP contribution in [0.15, 0.2) is 16.6 Å². The Morgan fingerprint density at radius 2 is 2.19 bits per heavy atom. The first-order valence-corrected chi connectivity index (χ1v) is 8.34. The van der Waals surface area contributed by atoms with Gasteiger partial charge < -0.3 is 20.1 Å². The van der Waals surface area contributed by atoms with E-state index in [0.29, 0.717) is 19.2 Å². The van der Waals surface area contributed by atoms with Crippen LogP contribution in [-0.4, -0.2) is 38.3 Å². The molecule has 0 spiro atoms. The van der Waals surface area contributed by atoms with E-state index in [4.69, 9.17) is 15.2 Å². The van der Waals surface area contributed by atoms with Crippen LogP contribution in [0.1, 0.15) is 31.2 Å². The molecular weight excluding hydrogens is 332 g/mol. The van der Waals surface area contributed by atoms with Gasteiger partial charge in [-0.2, -0.15) is 0 Å². The van der Waals surface area contributed by atoms with E-state index in [9.17, 15) is 0 Å². The van der Waals surface area contributed by atoms with Crippen LogP contribution in [0.3, 0.4) is 0 Å². The Morgan fingerprint density at radius 3 is 2.86 bits per heavy atom. The zero-order valence-electron chi connectivity index (χ0n) is 12.9. The van der Waals surface area contributed by atoms with Crippen molar-refractivity contribution in [1.82, 2.24) is 4.90 Å². The van der Waals surface area contributed by atoms with Gasteiger partial charge in [0.1, 0.15) is 0 Å². The second-order valence-electron chi connectivity index (χ2n) is 5.58. The third-order valence-corrected chi connectivity index (χ3v) is 4.73. The van der Waals surface area contributed by atoms with E-state index < -0.39 is 0 Å². The molecule has 1 aromatic carbocycles. The maximum absolute atomic E-state index is 5.97. The quantitative estimate of drug-likeness (QED) is 0.850. The molecule has 118 valence electrons. The Balaban J connectivity index is 1.96. The van der Waals surface area contributed by atoms with Crippen molar-refractivity contribution in [1.29, 1.82) is 0 Å². The lowest BCUT2D eigenvalue weighted by Crippen LogP contribution is -2.37. The molecule has 5 heteroatoms. The van der Waals surface area contributed by atoms with Crippen molar-refractivity contribution < 1.29 is 9.47 Å². The average Bonchev–Trinajstić information content (AvgIpc) is 2.50. The molecule has 1 heterocycles. The van der Waals surface area contributed by atoms with E-state index in [1.54, 1.807) is 7.11 Å². The predicted octanol–water partition coefficient (Wildman–Crippen LogP) is 3.17. The molecule has 2 rings (SSSR count). The second kappa shape index (κ2) is 8.01. The van der Waals surface area contributed by atoms with E-state index in [1.807, 2.05) is 12.1 Å². The van der Waals surface area contributed by atoms with Gasteiger partial charge in [-0.25, -0.2) is 0 Å². The highest BCUT2D eigenvalue weighted by atomic mass is 79.9. The number of piperidine rings is 1. The fourth-order valence-corrected chi connectivity index (χ4v) is 3.44. The Bertz CT molecular complexity index is 468. The topological polar surface area (TPSA) is 47.7 Å². The van der Waals surface area contributed by atoms with Gasteiger partial charge in [-0.05, 0) is 66.5 Å². The molecule has 0 aliphatic carbocycles. The molecule has 1 fully saturated rings. The van der Waals surface area contributed by atoms with Crippen LogP contribution in [0, 0.1) is 0 Å². The van der Waals surface area contributed by atoms with Crippen molar-refractivity contribution in [2.24, 2.45) is 5.73 Å². The van der Waals surface area contributed by atoms with Crippen molar-refractivity contribution in [2.45, 2.75) is 38.3 Å². The number of halogens is 1. The van der Waals surface area contributed by atoms with E-state index in [2.05, 4.69) is 27.9 Å². The number of methoxy groups -OCH3 is 1. The molecule has 4 nitrogen and oxygen atoms in total. The Morgan fingerprint density at radius 1 is 1.38 bits per heavy atom. The Labute approximate surface area is 135 Å². The SMILES string of the molecule is COc1cc(CN)cc(Br)c1OCCC1CCCCN1C. The van der Waals surface area contributed by atoms with Crippen molar-refractivity contribution in [3.63, 3.8) is 0 Å². The fraction of sp³-hybridized carbons (Fsp3) is 0.625. The zero-order chi connectivity index (χ0) is 15.2. The number of benzene rings is 1. The van der Waals surface area contributed by atoms with Crippen LogP contribution in [0.5, 0.6) is 11.5 Å². The van der Waals surface area contributed by atoms with Crippen LogP contribution >= 0.6 is 15.9 Å². The molecule has 1 atom stereocenters. The first-order valence-electron chi connectivity index (χ1n) is 7.55. The third-order valence-electron chi connectivity index (χ3n) is 4.14. The summed E-state index contributed by atoms with van der Waals surface area (Å²) in [5.74, 6) is 1.51. The van der Waals surface area contributed by atoms with Crippen LogP contribution in [0.2, 0.25) is 0 Å². The van der Waals surface area contributed by atoms with Gasteiger partial charge in [0.25, 0.3) is 0 Å². The van der Waals surface area contributed by atoms with Crippen LogP contribution in [-0.2, 0) is 6.54 Å². The maximum atomic E-state index is 5.97. The summed E-state index contributed by atoms with van der Waals surface area (Å²) in [5.41, 5.74) is 6.71. The minimum atomic E-state index is 0.488. The summed E-state index contributed by atoms with van der Waals surface area (Å²) in [6.45, 7) is 2.39. The van der Waals surface area contributed by atoms with Gasteiger partial charge in [-0.3, -0.25) is 0 Å². The highest BCUT2D eigenvalue weighted by Crippen LogP contribution is 2.36. The van der Waals surface area contributed by atoms with Gasteiger partial charge in [0.15, 0.2) is 11.5 Å². The highest BCUT2D eigenvalue weighted by Gasteiger charge is 2.19. The number of likely N-dealkylation sites (tertiary alicyclic amines) is 1. The number of nitrogens with two attached hydrogens (primary N) is 1. The maximum Gasteiger partial charge on any atom is 0.175 e. The molecule has 0 aromatic heterocycles. The largest absolute Gasteiger partial charge is 0.493 e. The third kappa shape index (κ3) is 4.34. The highest BCUT2D eigenvalue weighted by molar-refractivity contribution is 9.10. The van der Waals surface area contributed by atoms with E-state index in [0.717, 1.165) is 28.0 Å². The van der Waals surface area contributed by atoms with Crippen molar-refractivity contribution in [2.75, 3.05) is 27.3 Å². The molecule has 1 aliphatic rings. The van der Waals surface area contributed by atoms with Crippen LogP contribution in [0.4, 0.5) is 0 Å². The summed E-state index contributed by atoms with van der Waals surface area (Å²) in [6.07, 6.45) is 4.95. The molecule has 0 bridgehead atoms. The molecule has 1 aliphatic heterocycles. The van der Waals surface area contributed by atoms with E-state index in [1.165, 1.54) is 25.8 Å². The summed E-state index contributed by atoms with van der Waals surface area (Å²) in [6, 6.07) is 4.56. The van der Waals surface area contributed by atoms with Crippen LogP contribution in [0.25, 0.3) is 0 Å². The molecule has 0 saturated carbocycles. The second-order valence-corrected chi connectivity index (χ2v) is 6.43. The standard InChI is InChI=1S/C16H25BrN2O2/c1-19-7-4-3-5-13(19)6-8-21-16-14(17)9-12(11-18)10-15(16)20-2/h9-10,13H,3-8,11,18H2,1-2H3. The van der Waals surface area contributed by atoms with Crippen molar-refractivity contribution in [3.8, 4) is 11.5 Å². The van der Waals surface area contributed by atoms with Gasteiger partial charge in [0.05, 0.1) is 18.2 Å². The van der Waals surface area contributed by atoms with Gasteiger partial charge in [0.2, 0.25) is 0 Å². The summed E-state index contributed by atoms with van der Waals surface area (Å²) in [4.78, 5) is 2.44. The van der Waals surface area contributed by atoms with Gasteiger partial charge >= 0.3 is 0 Å². The minimum Gasteiger partial charge on any atom is -0.493 e. The smallest absolute Gasteiger partial charge is 0.175 e. The van der Waals surface area contributed by atoms with Crippen LogP contribution < -0.4 is 15.2 Å². The van der Waals surface area contributed by atoms with Gasteiger partial charge in [-0.15, -0.1) is 0 Å². The number of hydrogen-bond acceptors (Lipinski definition) is 4. The van der Waals surface area contributed by atoms with Gasteiger partial charge in [-0.1, -0.05) is 6.42 Å². The normalized spacial score (nSPS) is 19.5. The summed E-state index contributed by atoms with van der Waals surface area (Å²) in [7, 11) is 3.86. The lowest BCUT2D eigenvalue weighted by Gasteiger charge is -2.32. The number of ether oxygens (including phenoxy) is 2. The monoisotopic (exact) mass is 356 g/mol. The predicted molar refractivity (Wildman–Crippen MR) is 89.0 cm³/mol. The molecule has 2 N–H and O–H groups in total. The first kappa shape index (κ1) is 16.6. The molecule has 0 amide bonds. The molecule has 1 saturated heterocycles. The average molecular weight is 357 g/mol. The van der Waals surface area contributed by atoms with E-state index in [-0.39, 0.29) is 0 Å². The number of rotatable bonds is 6. The summed E-state index contributed by atoms with van der Waals surface area (Å²) >= 11 is 3.55. The minimum absolute atomic E-state index is 0.488. The summed E-state index contributed by atoms with van der Waals surface area (Å²) in [5, 5.41) is 0. The Kier molecular flexibility index (Phi) is 6.33. The van der Waals surface area contributed by atoms with E-state index >= 15 is 0 Å². The summed E-state index contributed by atoms with van der Waals surface area (Å²) < 4.78 is 12.3. The molecule has 1 aromatic rings. The van der Waals surface area contributed by atoms with Crippen molar-refractivity contribution in [3.05, 3.63) is 22.2 Å². The number of hydrogen-bond donors (Lipinski definition) is 1. The lowest BCUT2D eigenvalue weighted by molar-refractivity contribution is 0.151. The van der Waals surface area contributed by atoms with Gasteiger partial charge in [0, 0.05) is 12.6 Å². The lowest BCUT2D eigenvalue weighted by atomic mass is 10.0. The number of nitrogens with zero attached hydrogens (tertiary/aromatic N) is 1. The van der Waals surface area contributed by atoms with Crippen molar-refractivity contribution >= 4 is 15.9 Å². The zero-order valence-corrected chi connectivity index (χ0v) is 14.5. The molecule has 21 heavy (non-hydrogen) atoms.